The fourth-order valence-electron chi connectivity index (χ4n) is 1.80. The Bertz CT molecular complexity index is 483. The minimum atomic E-state index is -4.50. The predicted octanol–water partition coefficient (Wildman–Crippen LogP) is 2.65. The summed E-state index contributed by atoms with van der Waals surface area (Å²) < 4.78 is 44.1. The number of ether oxygens (including phenoxy) is 1. The Hall–Kier alpha value is -1.94. The lowest BCUT2D eigenvalue weighted by molar-refractivity contribution is -0.137. The molecular formula is C13H16F3N3O. The molecule has 4 nitrogen and oxygen atoms in total. The molecular weight excluding hydrogens is 271 g/mol. The number of nitriles is 1. The number of anilines is 2. The molecule has 0 fully saturated rings. The number of benzene rings is 1. The molecule has 20 heavy (non-hydrogen) atoms. The molecule has 0 radical (unpaired) electrons. The van der Waals surface area contributed by atoms with Gasteiger partial charge in [-0.25, -0.2) is 0 Å². The van der Waals surface area contributed by atoms with Crippen LogP contribution in [0, 0.1) is 11.3 Å². The molecule has 0 amide bonds. The molecule has 0 aliphatic rings. The molecule has 7 heteroatoms. The number of nitrogen functional groups attached to an aromatic ring is 1. The molecule has 0 spiro atoms. The number of nitrogens with two attached hydrogens (primary N) is 1. The molecule has 0 aliphatic heterocycles. The first kappa shape index (κ1) is 16.1. The average Bonchev–Trinajstić information content (AvgIpc) is 2.38. The van der Waals surface area contributed by atoms with Crippen molar-refractivity contribution in [1.82, 2.24) is 0 Å². The van der Waals surface area contributed by atoms with Gasteiger partial charge in [-0.1, -0.05) is 0 Å². The first-order chi connectivity index (χ1) is 9.40. The zero-order valence-corrected chi connectivity index (χ0v) is 11.1. The molecule has 2 N–H and O–H groups in total. The van der Waals surface area contributed by atoms with E-state index in [1.54, 1.807) is 0 Å². The van der Waals surface area contributed by atoms with Crippen molar-refractivity contribution in [1.29, 1.82) is 5.26 Å². The lowest BCUT2D eigenvalue weighted by atomic mass is 10.1. The van der Waals surface area contributed by atoms with E-state index in [-0.39, 0.29) is 37.5 Å². The van der Waals surface area contributed by atoms with Gasteiger partial charge in [0.15, 0.2) is 0 Å². The third-order valence-electron chi connectivity index (χ3n) is 2.73. The lowest BCUT2D eigenvalue weighted by Gasteiger charge is -2.27. The van der Waals surface area contributed by atoms with Crippen molar-refractivity contribution in [2.24, 2.45) is 0 Å². The molecule has 110 valence electrons. The fourth-order valence-corrected chi connectivity index (χ4v) is 1.80. The van der Waals surface area contributed by atoms with Gasteiger partial charge in [0, 0.05) is 31.6 Å². The summed E-state index contributed by atoms with van der Waals surface area (Å²) >= 11 is 0. The van der Waals surface area contributed by atoms with E-state index in [9.17, 15) is 13.2 Å². The highest BCUT2D eigenvalue weighted by atomic mass is 19.4. The summed E-state index contributed by atoms with van der Waals surface area (Å²) in [6.45, 7) is 0.741. The molecule has 1 rings (SSSR count). The summed E-state index contributed by atoms with van der Waals surface area (Å²) in [5.74, 6) is 0. The smallest absolute Gasteiger partial charge is 0.399 e. The summed E-state index contributed by atoms with van der Waals surface area (Å²) in [4.78, 5) is 1.48. The first-order valence-electron chi connectivity index (χ1n) is 5.97. The molecule has 0 aromatic heterocycles. The lowest BCUT2D eigenvalue weighted by Crippen LogP contribution is -2.30. The third kappa shape index (κ3) is 4.31. The van der Waals surface area contributed by atoms with Crippen molar-refractivity contribution in [3.05, 3.63) is 23.8 Å². The van der Waals surface area contributed by atoms with Crippen LogP contribution in [0.1, 0.15) is 12.0 Å². The maximum atomic E-state index is 13.1. The van der Waals surface area contributed by atoms with Gasteiger partial charge in [-0.2, -0.15) is 18.4 Å². The fraction of sp³-hybridized carbons (Fsp3) is 0.462. The number of hydrogen-bond donors (Lipinski definition) is 1. The topological polar surface area (TPSA) is 62.3 Å². The van der Waals surface area contributed by atoms with Gasteiger partial charge in [0.05, 0.1) is 24.7 Å². The van der Waals surface area contributed by atoms with Crippen molar-refractivity contribution in [2.75, 3.05) is 37.4 Å². The van der Waals surface area contributed by atoms with Gasteiger partial charge < -0.3 is 15.4 Å². The summed E-state index contributed by atoms with van der Waals surface area (Å²) in [5, 5.41) is 8.61. The van der Waals surface area contributed by atoms with Crippen LogP contribution in [-0.2, 0) is 10.9 Å². The van der Waals surface area contributed by atoms with Crippen molar-refractivity contribution in [2.45, 2.75) is 12.6 Å². The Morgan fingerprint density at radius 3 is 2.60 bits per heavy atom. The molecule has 0 unspecified atom stereocenters. The Labute approximate surface area is 115 Å². The maximum absolute atomic E-state index is 13.1. The van der Waals surface area contributed by atoms with Crippen LogP contribution in [0.2, 0.25) is 0 Å². The largest absolute Gasteiger partial charge is 0.418 e. The zero-order valence-electron chi connectivity index (χ0n) is 11.1. The van der Waals surface area contributed by atoms with Crippen LogP contribution in [-0.4, -0.2) is 26.8 Å². The van der Waals surface area contributed by atoms with Crippen molar-refractivity contribution in [3.63, 3.8) is 0 Å². The van der Waals surface area contributed by atoms with Crippen molar-refractivity contribution >= 4 is 11.4 Å². The van der Waals surface area contributed by atoms with Crippen molar-refractivity contribution < 1.29 is 17.9 Å². The Balaban J connectivity index is 3.14. The standard InChI is InChI=1S/C13H16F3N3O/c1-20-8-7-19(6-2-5-17)12-4-3-10(18)9-11(12)13(14,15)16/h3-4,9H,2,6-8,18H2,1H3. The molecule has 0 saturated carbocycles. The number of nitrogens with zero attached hydrogens (tertiary/aromatic N) is 2. The number of hydrogen-bond acceptors (Lipinski definition) is 4. The van der Waals surface area contributed by atoms with Crippen LogP contribution in [0.25, 0.3) is 0 Å². The number of methoxy groups -OCH3 is 1. The molecule has 0 saturated heterocycles. The SMILES string of the molecule is COCCN(CCC#N)c1ccc(N)cc1C(F)(F)F. The zero-order chi connectivity index (χ0) is 15.2. The Kier molecular flexibility index (Phi) is 5.65. The van der Waals surface area contributed by atoms with Crippen LogP contribution in [0.3, 0.4) is 0 Å². The molecule has 0 bridgehead atoms. The Morgan fingerprint density at radius 1 is 1.35 bits per heavy atom. The number of alkyl halides is 3. The second kappa shape index (κ2) is 7.01. The van der Waals surface area contributed by atoms with Crippen molar-refractivity contribution in [3.8, 4) is 6.07 Å². The van der Waals surface area contributed by atoms with Gasteiger partial charge in [0.1, 0.15) is 0 Å². The van der Waals surface area contributed by atoms with E-state index in [0.717, 1.165) is 6.07 Å². The maximum Gasteiger partial charge on any atom is 0.418 e. The van der Waals surface area contributed by atoms with E-state index < -0.39 is 11.7 Å². The second-order valence-corrected chi connectivity index (χ2v) is 4.16. The molecule has 0 heterocycles. The predicted molar refractivity (Wildman–Crippen MR) is 70.2 cm³/mol. The molecule has 1 aromatic rings. The molecule has 1 aromatic carbocycles. The summed E-state index contributed by atoms with van der Waals surface area (Å²) in [6, 6.07) is 5.57. The normalized spacial score (nSPS) is 11.2. The van der Waals surface area contributed by atoms with Crippen LogP contribution < -0.4 is 10.6 Å². The van der Waals surface area contributed by atoms with E-state index in [4.69, 9.17) is 15.7 Å². The van der Waals surface area contributed by atoms with E-state index in [1.807, 2.05) is 6.07 Å². The summed E-state index contributed by atoms with van der Waals surface area (Å²) in [5.41, 5.74) is 4.69. The van der Waals surface area contributed by atoms with Crippen LogP contribution >= 0.6 is 0 Å². The van der Waals surface area contributed by atoms with E-state index in [1.165, 1.54) is 24.1 Å². The van der Waals surface area contributed by atoms with Crippen LogP contribution in [0.15, 0.2) is 18.2 Å². The Morgan fingerprint density at radius 2 is 2.05 bits per heavy atom. The summed E-state index contributed by atoms with van der Waals surface area (Å²) in [7, 11) is 1.47. The minimum Gasteiger partial charge on any atom is -0.399 e. The van der Waals surface area contributed by atoms with E-state index in [2.05, 4.69) is 0 Å². The quantitative estimate of drug-likeness (QED) is 0.817. The average molecular weight is 287 g/mol. The van der Waals surface area contributed by atoms with E-state index in [0.29, 0.717) is 0 Å². The van der Waals surface area contributed by atoms with Crippen LogP contribution in [0.5, 0.6) is 0 Å². The number of halogens is 3. The summed E-state index contributed by atoms with van der Waals surface area (Å²) in [6.07, 6.45) is -4.37. The van der Waals surface area contributed by atoms with E-state index >= 15 is 0 Å². The number of rotatable bonds is 6. The van der Waals surface area contributed by atoms with Crippen LogP contribution in [0.4, 0.5) is 24.5 Å². The monoisotopic (exact) mass is 287 g/mol. The van der Waals surface area contributed by atoms with Gasteiger partial charge in [-0.3, -0.25) is 0 Å². The van der Waals surface area contributed by atoms with Gasteiger partial charge in [-0.05, 0) is 18.2 Å². The van der Waals surface area contributed by atoms with Gasteiger partial charge in [0.2, 0.25) is 0 Å². The first-order valence-corrected chi connectivity index (χ1v) is 5.97. The van der Waals surface area contributed by atoms with Gasteiger partial charge in [-0.15, -0.1) is 0 Å². The highest BCUT2D eigenvalue weighted by Crippen LogP contribution is 2.37. The second-order valence-electron chi connectivity index (χ2n) is 4.16. The minimum absolute atomic E-state index is 0.0130. The highest BCUT2D eigenvalue weighted by molar-refractivity contribution is 5.61. The third-order valence-corrected chi connectivity index (χ3v) is 2.73. The van der Waals surface area contributed by atoms with Gasteiger partial charge >= 0.3 is 6.18 Å². The van der Waals surface area contributed by atoms with Gasteiger partial charge in [0.25, 0.3) is 0 Å². The highest BCUT2D eigenvalue weighted by Gasteiger charge is 2.35. The molecule has 0 aliphatic carbocycles. The molecule has 0 atom stereocenters.